The monoisotopic (exact) mass is 534 g/mol. The van der Waals surface area contributed by atoms with E-state index in [-0.39, 0.29) is 23.4 Å². The van der Waals surface area contributed by atoms with Crippen LogP contribution < -0.4 is 10.1 Å². The van der Waals surface area contributed by atoms with Crippen LogP contribution >= 0.6 is 0 Å². The first kappa shape index (κ1) is 25.4. The van der Waals surface area contributed by atoms with Crippen molar-refractivity contribution in [2.24, 2.45) is 34.5 Å². The fourth-order valence-electron chi connectivity index (χ4n) is 8.86. The standard InChI is InChI=1S/C34H38N4O2/c1-21-19-27-34(3,25-16-18-33(2)17-10-15-24(33)28(21)25)20-26(31(39)35-27)40-32-36-29(22-11-6-4-7-12-22)30(37-38-32)23-13-8-5-9-14-23/h4-9,11-14,20-21,24-25,27-28H,10,15-19H2,1-3H3,(H,35,39)/t21-,24-,25-,27+,28-,33-,34+/m0/s1. The third-order valence-corrected chi connectivity index (χ3v) is 10.9. The van der Waals surface area contributed by atoms with Crippen LogP contribution in [0.4, 0.5) is 0 Å². The van der Waals surface area contributed by atoms with Crippen molar-refractivity contribution in [3.63, 3.8) is 0 Å². The summed E-state index contributed by atoms with van der Waals surface area (Å²) in [5.74, 6) is 2.69. The van der Waals surface area contributed by atoms with E-state index in [1.807, 2.05) is 60.7 Å². The smallest absolute Gasteiger partial charge is 0.342 e. The zero-order valence-corrected chi connectivity index (χ0v) is 23.6. The Morgan fingerprint density at radius 1 is 0.875 bits per heavy atom. The molecule has 7 atom stereocenters. The molecule has 0 spiro atoms. The van der Waals surface area contributed by atoms with Gasteiger partial charge in [0.1, 0.15) is 11.4 Å². The van der Waals surface area contributed by atoms with Gasteiger partial charge < -0.3 is 10.1 Å². The molecule has 3 aliphatic carbocycles. The number of benzene rings is 2. The lowest BCUT2D eigenvalue weighted by molar-refractivity contribution is -0.128. The topological polar surface area (TPSA) is 77.0 Å². The highest BCUT2D eigenvalue weighted by Gasteiger charge is 2.60. The summed E-state index contributed by atoms with van der Waals surface area (Å²) in [7, 11) is 0. The van der Waals surface area contributed by atoms with Crippen molar-refractivity contribution in [2.45, 2.75) is 65.3 Å². The summed E-state index contributed by atoms with van der Waals surface area (Å²) in [6, 6.07) is 20.1. The van der Waals surface area contributed by atoms with Crippen molar-refractivity contribution >= 4 is 5.91 Å². The molecule has 1 aromatic heterocycles. The van der Waals surface area contributed by atoms with E-state index in [9.17, 15) is 4.79 Å². The van der Waals surface area contributed by atoms with E-state index >= 15 is 0 Å². The van der Waals surface area contributed by atoms with Gasteiger partial charge in [-0.2, -0.15) is 4.98 Å². The number of aromatic nitrogens is 3. The lowest BCUT2D eigenvalue weighted by atomic mass is 9.46. The molecule has 40 heavy (non-hydrogen) atoms. The third kappa shape index (κ3) is 4.06. The Kier molecular flexibility index (Phi) is 6.06. The van der Waals surface area contributed by atoms with Crippen molar-refractivity contribution in [2.75, 3.05) is 0 Å². The van der Waals surface area contributed by atoms with Gasteiger partial charge in [-0.25, -0.2) is 0 Å². The second kappa shape index (κ2) is 9.53. The average molecular weight is 535 g/mol. The van der Waals surface area contributed by atoms with Gasteiger partial charge in [-0.1, -0.05) is 93.0 Å². The van der Waals surface area contributed by atoms with Crippen molar-refractivity contribution in [1.29, 1.82) is 0 Å². The Balaban J connectivity index is 1.24. The van der Waals surface area contributed by atoms with E-state index in [1.54, 1.807) is 0 Å². The number of fused-ring (bicyclic) bond motifs is 5. The number of amides is 1. The first-order valence-electron chi connectivity index (χ1n) is 14.9. The predicted octanol–water partition coefficient (Wildman–Crippen LogP) is 6.85. The molecule has 0 radical (unpaired) electrons. The summed E-state index contributed by atoms with van der Waals surface area (Å²) in [6.45, 7) is 7.29. The maximum Gasteiger partial charge on any atom is 0.342 e. The van der Waals surface area contributed by atoms with Crippen molar-refractivity contribution in [3.05, 3.63) is 72.5 Å². The summed E-state index contributed by atoms with van der Waals surface area (Å²) >= 11 is 0. The lowest BCUT2D eigenvalue weighted by Gasteiger charge is -2.60. The average Bonchev–Trinajstić information content (AvgIpc) is 3.37. The third-order valence-electron chi connectivity index (χ3n) is 10.9. The molecule has 206 valence electrons. The highest BCUT2D eigenvalue weighted by atomic mass is 16.5. The van der Waals surface area contributed by atoms with Gasteiger partial charge in [0.25, 0.3) is 5.91 Å². The summed E-state index contributed by atoms with van der Waals surface area (Å²) < 4.78 is 6.21. The largest absolute Gasteiger partial charge is 0.418 e. The van der Waals surface area contributed by atoms with Gasteiger partial charge in [0.2, 0.25) is 0 Å². The van der Waals surface area contributed by atoms with E-state index in [0.29, 0.717) is 40.3 Å². The molecule has 4 aliphatic rings. The van der Waals surface area contributed by atoms with Crippen molar-refractivity contribution in [3.8, 4) is 28.5 Å². The van der Waals surface area contributed by atoms with Crippen molar-refractivity contribution in [1.82, 2.24) is 20.5 Å². The van der Waals surface area contributed by atoms with E-state index in [2.05, 4.69) is 42.4 Å². The molecule has 3 saturated carbocycles. The summed E-state index contributed by atoms with van der Waals surface area (Å²) in [5.41, 5.74) is 3.52. The van der Waals surface area contributed by atoms with E-state index < -0.39 is 0 Å². The number of ether oxygens (including phenoxy) is 1. The van der Waals surface area contributed by atoms with Gasteiger partial charge in [0.05, 0.1) is 0 Å². The molecule has 2 heterocycles. The van der Waals surface area contributed by atoms with E-state index in [4.69, 9.17) is 9.72 Å². The van der Waals surface area contributed by atoms with E-state index in [1.165, 1.54) is 32.1 Å². The fourth-order valence-corrected chi connectivity index (χ4v) is 8.86. The molecule has 1 aliphatic heterocycles. The molecule has 1 amide bonds. The number of carbonyl (C=O) groups is 1. The fraction of sp³-hybridized carbons (Fsp3) is 0.471. The van der Waals surface area contributed by atoms with Crippen LogP contribution in [0, 0.1) is 34.5 Å². The molecule has 0 saturated heterocycles. The molecule has 0 bridgehead atoms. The number of rotatable bonds is 4. The predicted molar refractivity (Wildman–Crippen MR) is 155 cm³/mol. The second-order valence-electron chi connectivity index (χ2n) is 13.1. The molecule has 7 rings (SSSR count). The van der Waals surface area contributed by atoms with Gasteiger partial charge in [-0.15, -0.1) is 5.10 Å². The van der Waals surface area contributed by atoms with Gasteiger partial charge >= 0.3 is 6.01 Å². The molecular formula is C34H38N4O2. The van der Waals surface area contributed by atoms with Gasteiger partial charge in [-0.05, 0) is 67.3 Å². The maximum atomic E-state index is 13.4. The number of hydrogen-bond donors (Lipinski definition) is 1. The highest BCUT2D eigenvalue weighted by Crippen LogP contribution is 2.64. The number of hydrogen-bond acceptors (Lipinski definition) is 5. The Morgan fingerprint density at radius 2 is 1.57 bits per heavy atom. The van der Waals surface area contributed by atoms with Crippen LogP contribution in [0.25, 0.3) is 22.5 Å². The molecule has 3 aromatic rings. The molecule has 1 N–H and O–H groups in total. The molecule has 3 fully saturated rings. The van der Waals surface area contributed by atoms with E-state index in [0.717, 1.165) is 23.5 Å². The zero-order valence-electron chi connectivity index (χ0n) is 23.6. The molecule has 6 heteroatoms. The number of carbonyl (C=O) groups excluding carboxylic acids is 1. The Hall–Kier alpha value is -3.54. The maximum absolute atomic E-state index is 13.4. The highest BCUT2D eigenvalue weighted by molar-refractivity contribution is 5.93. The van der Waals surface area contributed by atoms with Crippen LogP contribution in [-0.4, -0.2) is 27.1 Å². The Morgan fingerprint density at radius 3 is 2.30 bits per heavy atom. The summed E-state index contributed by atoms with van der Waals surface area (Å²) in [4.78, 5) is 18.2. The van der Waals surface area contributed by atoms with Crippen LogP contribution in [0.1, 0.15) is 59.3 Å². The van der Waals surface area contributed by atoms with Crippen molar-refractivity contribution < 1.29 is 9.53 Å². The second-order valence-corrected chi connectivity index (χ2v) is 13.1. The summed E-state index contributed by atoms with van der Waals surface area (Å²) in [5, 5.41) is 12.2. The molecular weight excluding hydrogens is 496 g/mol. The minimum absolute atomic E-state index is 0.0923. The Labute approximate surface area is 236 Å². The molecule has 2 aromatic carbocycles. The minimum Gasteiger partial charge on any atom is -0.418 e. The summed E-state index contributed by atoms with van der Waals surface area (Å²) in [6.07, 6.45) is 9.68. The van der Waals surface area contributed by atoms with Gasteiger partial charge in [0, 0.05) is 22.6 Å². The lowest BCUT2D eigenvalue weighted by Crippen LogP contribution is -2.62. The Bertz CT molecular complexity index is 1460. The number of nitrogens with one attached hydrogen (secondary N) is 1. The van der Waals surface area contributed by atoms with Crippen LogP contribution in [0.5, 0.6) is 6.01 Å². The van der Waals surface area contributed by atoms with Crippen LogP contribution in [0.3, 0.4) is 0 Å². The normalized spacial score (nSPS) is 34.6. The SMILES string of the molecule is C[C@H]1C[C@H]2NC(=O)C(Oc3nnc(-c4ccccc4)c(-c4ccccc4)n3)=C[C@]2(C)[C@H]2CC[C@]3(C)CCC[C@H]3[C@H]12. The van der Waals surface area contributed by atoms with Gasteiger partial charge in [-0.3, -0.25) is 4.79 Å². The minimum atomic E-state index is -0.188. The first-order chi connectivity index (χ1) is 19.4. The van der Waals surface area contributed by atoms with Crippen LogP contribution in [0.15, 0.2) is 72.5 Å². The molecule has 0 unspecified atom stereocenters. The quantitative estimate of drug-likeness (QED) is 0.396. The zero-order chi connectivity index (χ0) is 27.5. The van der Waals surface area contributed by atoms with Crippen LogP contribution in [0.2, 0.25) is 0 Å². The van der Waals surface area contributed by atoms with Gasteiger partial charge in [0.15, 0.2) is 5.76 Å². The number of nitrogens with zero attached hydrogens (tertiary/aromatic N) is 3. The van der Waals surface area contributed by atoms with Crippen LogP contribution in [-0.2, 0) is 4.79 Å². The molecule has 6 nitrogen and oxygen atoms in total. The first-order valence-corrected chi connectivity index (χ1v) is 14.9.